The van der Waals surface area contributed by atoms with Crippen molar-refractivity contribution in [1.29, 1.82) is 0 Å². The van der Waals surface area contributed by atoms with Crippen molar-refractivity contribution in [3.63, 3.8) is 0 Å². The number of benzene rings is 3. The molecule has 0 unspecified atom stereocenters. The number of nitrogens with one attached hydrogen (secondary N) is 2. The maximum atomic E-state index is 12.9. The number of rotatable bonds is 5. The minimum atomic E-state index is -3.79. The molecule has 0 aliphatic rings. The Hall–Kier alpha value is -2.90. The van der Waals surface area contributed by atoms with Gasteiger partial charge in [-0.15, -0.1) is 0 Å². The zero-order valence-electron chi connectivity index (χ0n) is 13.8. The number of hydrogen-bond acceptors (Lipinski definition) is 3. The van der Waals surface area contributed by atoms with Crippen LogP contribution in [0.4, 0.5) is 15.8 Å². The molecule has 0 saturated carbocycles. The van der Waals surface area contributed by atoms with E-state index in [1.165, 1.54) is 54.6 Å². The molecule has 8 heteroatoms. The summed E-state index contributed by atoms with van der Waals surface area (Å²) in [6.07, 6.45) is 0. The fourth-order valence-electron chi connectivity index (χ4n) is 2.28. The number of hydrogen-bond donors (Lipinski definition) is 2. The van der Waals surface area contributed by atoms with Crippen LogP contribution in [0.15, 0.2) is 77.7 Å². The highest BCUT2D eigenvalue weighted by atomic mass is 35.5. The fraction of sp³-hybridized carbons (Fsp3) is 0. The molecule has 0 atom stereocenters. The maximum absolute atomic E-state index is 12.9. The smallest absolute Gasteiger partial charge is 0.261 e. The highest BCUT2D eigenvalue weighted by molar-refractivity contribution is 7.92. The standard InChI is InChI=1S/C19H14ClFN2O3S/c20-17-12-13(19(24)22-15-9-7-14(21)8-10-15)6-11-18(17)23-27(25,26)16-4-2-1-3-5-16/h1-12,23H,(H,22,24). The monoisotopic (exact) mass is 404 g/mol. The SMILES string of the molecule is O=C(Nc1ccc(F)cc1)c1ccc(NS(=O)(=O)c2ccccc2)c(Cl)c1. The minimum Gasteiger partial charge on any atom is -0.322 e. The molecular formula is C19H14ClFN2O3S. The topological polar surface area (TPSA) is 75.3 Å². The summed E-state index contributed by atoms with van der Waals surface area (Å²) in [6.45, 7) is 0. The summed E-state index contributed by atoms with van der Waals surface area (Å²) >= 11 is 6.13. The third-order valence-corrected chi connectivity index (χ3v) is 5.33. The summed E-state index contributed by atoms with van der Waals surface area (Å²) in [6, 6.07) is 17.3. The van der Waals surface area contributed by atoms with Gasteiger partial charge < -0.3 is 5.32 Å². The fourth-order valence-corrected chi connectivity index (χ4v) is 3.66. The zero-order valence-corrected chi connectivity index (χ0v) is 15.4. The van der Waals surface area contributed by atoms with Crippen molar-refractivity contribution in [2.45, 2.75) is 4.90 Å². The van der Waals surface area contributed by atoms with Crippen molar-refractivity contribution < 1.29 is 17.6 Å². The van der Waals surface area contributed by atoms with Crippen LogP contribution in [0.2, 0.25) is 5.02 Å². The van der Waals surface area contributed by atoms with Crippen LogP contribution in [0.5, 0.6) is 0 Å². The van der Waals surface area contributed by atoms with E-state index < -0.39 is 21.7 Å². The number of halogens is 2. The highest BCUT2D eigenvalue weighted by Crippen LogP contribution is 2.26. The van der Waals surface area contributed by atoms with Crippen LogP contribution in [0.25, 0.3) is 0 Å². The highest BCUT2D eigenvalue weighted by Gasteiger charge is 2.16. The van der Waals surface area contributed by atoms with Gasteiger partial charge in [-0.25, -0.2) is 12.8 Å². The van der Waals surface area contributed by atoms with E-state index in [0.717, 1.165) is 0 Å². The van der Waals surface area contributed by atoms with Gasteiger partial charge in [0.1, 0.15) is 5.82 Å². The third-order valence-electron chi connectivity index (χ3n) is 3.63. The molecule has 0 heterocycles. The van der Waals surface area contributed by atoms with E-state index in [4.69, 9.17) is 11.6 Å². The van der Waals surface area contributed by atoms with Gasteiger partial charge in [0.25, 0.3) is 15.9 Å². The number of carbonyl (C=O) groups is 1. The molecule has 0 aliphatic heterocycles. The number of anilines is 2. The molecule has 0 spiro atoms. The van der Waals surface area contributed by atoms with E-state index in [9.17, 15) is 17.6 Å². The molecule has 3 aromatic carbocycles. The first-order chi connectivity index (χ1) is 12.8. The van der Waals surface area contributed by atoms with Crippen LogP contribution in [-0.2, 0) is 10.0 Å². The van der Waals surface area contributed by atoms with E-state index >= 15 is 0 Å². The molecule has 5 nitrogen and oxygen atoms in total. The summed E-state index contributed by atoms with van der Waals surface area (Å²) in [5.74, 6) is -0.868. The Balaban J connectivity index is 1.77. The Morgan fingerprint density at radius 3 is 2.22 bits per heavy atom. The van der Waals surface area contributed by atoms with Crippen LogP contribution in [-0.4, -0.2) is 14.3 Å². The number of carbonyl (C=O) groups excluding carboxylic acids is 1. The first-order valence-corrected chi connectivity index (χ1v) is 9.65. The zero-order chi connectivity index (χ0) is 19.4. The van der Waals surface area contributed by atoms with Gasteiger partial charge in [-0.05, 0) is 54.6 Å². The Bertz CT molecular complexity index is 1070. The lowest BCUT2D eigenvalue weighted by Gasteiger charge is -2.11. The average molecular weight is 405 g/mol. The van der Waals surface area contributed by atoms with Gasteiger partial charge in [-0.3, -0.25) is 9.52 Å². The van der Waals surface area contributed by atoms with E-state index in [0.29, 0.717) is 5.69 Å². The summed E-state index contributed by atoms with van der Waals surface area (Å²) in [4.78, 5) is 12.4. The quantitative estimate of drug-likeness (QED) is 0.655. The number of amides is 1. The van der Waals surface area contributed by atoms with Crippen LogP contribution in [0.3, 0.4) is 0 Å². The molecule has 2 N–H and O–H groups in total. The van der Waals surface area contributed by atoms with Gasteiger partial charge >= 0.3 is 0 Å². The molecule has 27 heavy (non-hydrogen) atoms. The van der Waals surface area contributed by atoms with Crippen LogP contribution in [0, 0.1) is 5.82 Å². The first kappa shape index (κ1) is 18.9. The molecule has 0 aromatic heterocycles. The average Bonchev–Trinajstić information content (AvgIpc) is 2.66. The lowest BCUT2D eigenvalue weighted by molar-refractivity contribution is 0.102. The minimum absolute atomic E-state index is 0.0706. The van der Waals surface area contributed by atoms with Crippen molar-refractivity contribution in [2.75, 3.05) is 10.0 Å². The van der Waals surface area contributed by atoms with Crippen LogP contribution in [0.1, 0.15) is 10.4 Å². The predicted octanol–water partition coefficient (Wildman–Crippen LogP) is 4.53. The van der Waals surface area contributed by atoms with Crippen molar-refractivity contribution >= 4 is 38.9 Å². The molecule has 0 bridgehead atoms. The van der Waals surface area contributed by atoms with E-state index in [1.54, 1.807) is 18.2 Å². The molecule has 0 fully saturated rings. The lowest BCUT2D eigenvalue weighted by atomic mass is 10.2. The molecular weight excluding hydrogens is 391 g/mol. The molecule has 1 amide bonds. The van der Waals surface area contributed by atoms with E-state index in [-0.39, 0.29) is 21.2 Å². The van der Waals surface area contributed by atoms with Crippen molar-refractivity contribution in [3.05, 3.63) is 89.2 Å². The molecule has 0 aliphatic carbocycles. The van der Waals surface area contributed by atoms with Gasteiger partial charge in [-0.2, -0.15) is 0 Å². The Kier molecular flexibility index (Phi) is 5.43. The third kappa shape index (κ3) is 4.64. The second-order valence-corrected chi connectivity index (χ2v) is 7.66. The Labute approximate surface area is 160 Å². The maximum Gasteiger partial charge on any atom is 0.261 e. The van der Waals surface area contributed by atoms with Crippen molar-refractivity contribution in [2.24, 2.45) is 0 Å². The summed E-state index contributed by atoms with van der Waals surface area (Å²) in [7, 11) is -3.79. The molecule has 3 aromatic rings. The summed E-state index contributed by atoms with van der Waals surface area (Å²) in [5.41, 5.74) is 0.803. The second kappa shape index (κ2) is 7.77. The van der Waals surface area contributed by atoms with Gasteiger partial charge in [-0.1, -0.05) is 29.8 Å². The normalized spacial score (nSPS) is 11.0. The van der Waals surface area contributed by atoms with E-state index in [1.807, 2.05) is 0 Å². The van der Waals surface area contributed by atoms with E-state index in [2.05, 4.69) is 10.0 Å². The van der Waals surface area contributed by atoms with Gasteiger partial charge in [0.2, 0.25) is 0 Å². The van der Waals surface area contributed by atoms with Gasteiger partial charge in [0, 0.05) is 11.3 Å². The summed E-state index contributed by atoms with van der Waals surface area (Å²) < 4.78 is 40.0. The Morgan fingerprint density at radius 2 is 1.59 bits per heavy atom. The first-order valence-electron chi connectivity index (χ1n) is 7.79. The molecule has 0 saturated heterocycles. The van der Waals surface area contributed by atoms with Crippen molar-refractivity contribution in [3.8, 4) is 0 Å². The van der Waals surface area contributed by atoms with Crippen molar-refractivity contribution in [1.82, 2.24) is 0 Å². The van der Waals surface area contributed by atoms with Gasteiger partial charge in [0.05, 0.1) is 15.6 Å². The Morgan fingerprint density at radius 1 is 0.926 bits per heavy atom. The second-order valence-electron chi connectivity index (χ2n) is 5.57. The van der Waals surface area contributed by atoms with Crippen LogP contribution < -0.4 is 10.0 Å². The largest absolute Gasteiger partial charge is 0.322 e. The molecule has 3 rings (SSSR count). The summed E-state index contributed by atoms with van der Waals surface area (Å²) in [5, 5.41) is 2.67. The molecule has 0 radical (unpaired) electrons. The lowest BCUT2D eigenvalue weighted by Crippen LogP contribution is -2.14. The van der Waals surface area contributed by atoms with Gasteiger partial charge in [0.15, 0.2) is 0 Å². The number of sulfonamides is 1. The molecule has 138 valence electrons. The van der Waals surface area contributed by atoms with Crippen LogP contribution >= 0.6 is 11.6 Å². The predicted molar refractivity (Wildman–Crippen MR) is 103 cm³/mol.